The number of fused-ring (bicyclic) bond motifs is 1. The van der Waals surface area contributed by atoms with Gasteiger partial charge >= 0.3 is 5.97 Å². The maximum absolute atomic E-state index is 13.1. The molecule has 0 bridgehead atoms. The van der Waals surface area contributed by atoms with E-state index in [1.54, 1.807) is 19.1 Å². The first-order chi connectivity index (χ1) is 15.2. The van der Waals surface area contributed by atoms with E-state index in [4.69, 9.17) is 0 Å². The maximum Gasteiger partial charge on any atom is 0.335 e. The van der Waals surface area contributed by atoms with Crippen molar-refractivity contribution in [2.45, 2.75) is 27.3 Å². The highest BCUT2D eigenvalue weighted by Gasteiger charge is 2.20. The molecule has 4 aromatic rings. The molecule has 0 saturated carbocycles. The summed E-state index contributed by atoms with van der Waals surface area (Å²) in [4.78, 5) is 42.6. The third kappa shape index (κ3) is 4.04. The molecule has 2 aromatic heterocycles. The Bertz CT molecular complexity index is 1440. The van der Waals surface area contributed by atoms with Crippen molar-refractivity contribution in [1.29, 1.82) is 0 Å². The predicted octanol–water partition coefficient (Wildman–Crippen LogP) is 4.38. The maximum atomic E-state index is 13.1. The molecule has 1 amide bonds. The Kier molecular flexibility index (Phi) is 5.63. The Morgan fingerprint density at radius 2 is 1.91 bits per heavy atom. The Labute approximate surface area is 188 Å². The minimum Gasteiger partial charge on any atom is -0.478 e. The van der Waals surface area contributed by atoms with Gasteiger partial charge < -0.3 is 10.4 Å². The van der Waals surface area contributed by atoms with Gasteiger partial charge in [0, 0.05) is 5.69 Å². The van der Waals surface area contributed by atoms with Crippen LogP contribution < -0.4 is 10.9 Å². The Morgan fingerprint density at radius 3 is 2.62 bits per heavy atom. The van der Waals surface area contributed by atoms with E-state index in [-0.39, 0.29) is 23.6 Å². The molecule has 0 unspecified atom stereocenters. The number of aromatic nitrogens is 2. The minimum atomic E-state index is -1.03. The zero-order valence-corrected chi connectivity index (χ0v) is 18.6. The molecule has 2 heterocycles. The van der Waals surface area contributed by atoms with Crippen LogP contribution in [-0.2, 0) is 6.54 Å². The van der Waals surface area contributed by atoms with Crippen LogP contribution in [0.3, 0.4) is 0 Å². The molecule has 8 heteroatoms. The van der Waals surface area contributed by atoms with E-state index in [1.807, 2.05) is 32.0 Å². The molecule has 0 radical (unpaired) electrons. The van der Waals surface area contributed by atoms with E-state index in [1.165, 1.54) is 34.4 Å². The molecular weight excluding hydrogens is 426 g/mol. The normalized spacial score (nSPS) is 11.0. The van der Waals surface area contributed by atoms with Crippen molar-refractivity contribution in [1.82, 2.24) is 9.55 Å². The number of anilines is 1. The van der Waals surface area contributed by atoms with Gasteiger partial charge in [-0.05, 0) is 55.7 Å². The largest absolute Gasteiger partial charge is 0.478 e. The fourth-order valence-electron chi connectivity index (χ4n) is 3.62. The number of rotatable bonds is 5. The number of benzene rings is 2. The van der Waals surface area contributed by atoms with Gasteiger partial charge in [-0.2, -0.15) is 0 Å². The van der Waals surface area contributed by atoms with Crippen LogP contribution >= 0.6 is 11.3 Å². The van der Waals surface area contributed by atoms with Crippen molar-refractivity contribution in [2.24, 2.45) is 0 Å². The first-order valence-electron chi connectivity index (χ1n) is 9.94. The Hall–Kier alpha value is -3.78. The highest BCUT2D eigenvalue weighted by atomic mass is 32.1. The number of carbonyl (C=O) groups excluding carboxylic acids is 1. The minimum absolute atomic E-state index is 0.154. The van der Waals surface area contributed by atoms with Gasteiger partial charge in [0.05, 0.1) is 28.7 Å². The van der Waals surface area contributed by atoms with Crippen molar-refractivity contribution in [2.75, 3.05) is 5.32 Å². The van der Waals surface area contributed by atoms with E-state index < -0.39 is 5.97 Å². The lowest BCUT2D eigenvalue weighted by Crippen LogP contribution is -2.21. The second kappa shape index (κ2) is 8.39. The summed E-state index contributed by atoms with van der Waals surface area (Å²) in [6, 6.07) is 12.2. The number of aryl methyl sites for hydroxylation is 3. The van der Waals surface area contributed by atoms with Gasteiger partial charge in [-0.1, -0.05) is 29.8 Å². The third-order valence-electron chi connectivity index (χ3n) is 5.28. The molecule has 0 saturated heterocycles. The summed E-state index contributed by atoms with van der Waals surface area (Å²) in [5.41, 5.74) is 3.93. The van der Waals surface area contributed by atoms with Crippen molar-refractivity contribution in [3.8, 4) is 0 Å². The first-order valence-corrected chi connectivity index (χ1v) is 10.8. The molecule has 2 N–H and O–H groups in total. The predicted molar refractivity (Wildman–Crippen MR) is 125 cm³/mol. The molecule has 0 aliphatic carbocycles. The van der Waals surface area contributed by atoms with Crippen molar-refractivity contribution < 1.29 is 14.7 Å². The van der Waals surface area contributed by atoms with E-state index >= 15 is 0 Å². The van der Waals surface area contributed by atoms with Crippen LogP contribution in [0.15, 0.2) is 53.6 Å². The third-order valence-corrected chi connectivity index (χ3v) is 6.48. The van der Waals surface area contributed by atoms with Crippen LogP contribution in [0.2, 0.25) is 0 Å². The summed E-state index contributed by atoms with van der Waals surface area (Å²) < 4.78 is 1.43. The average Bonchev–Trinajstić information content (AvgIpc) is 3.09. The molecule has 7 nitrogen and oxygen atoms in total. The number of carboxylic acids is 1. The number of carbonyl (C=O) groups is 2. The standard InChI is InChI=1S/C24H21N3O4S/c1-13-7-8-18(14(2)9-13)26-21(28)20-15(3)19-22(32-20)25-12-27(23(19)29)11-16-5-4-6-17(10-16)24(30)31/h4-10,12H,11H2,1-3H3,(H,26,28)(H,30,31). The van der Waals surface area contributed by atoms with Gasteiger partial charge in [-0.25, -0.2) is 9.78 Å². The molecule has 0 aliphatic heterocycles. The number of hydrogen-bond acceptors (Lipinski definition) is 5. The highest BCUT2D eigenvalue weighted by molar-refractivity contribution is 7.20. The molecule has 0 fully saturated rings. The summed E-state index contributed by atoms with van der Waals surface area (Å²) in [6.45, 7) is 5.85. The second-order valence-electron chi connectivity index (χ2n) is 7.69. The fraction of sp³-hybridized carbons (Fsp3) is 0.167. The topological polar surface area (TPSA) is 101 Å². The average molecular weight is 448 g/mol. The number of thiophene rings is 1. The number of nitrogens with one attached hydrogen (secondary N) is 1. The van der Waals surface area contributed by atoms with Crippen LogP contribution in [0.1, 0.15) is 42.3 Å². The molecule has 2 aromatic carbocycles. The second-order valence-corrected chi connectivity index (χ2v) is 8.69. The Morgan fingerprint density at radius 1 is 1.12 bits per heavy atom. The Balaban J connectivity index is 1.68. The summed E-state index contributed by atoms with van der Waals surface area (Å²) in [7, 11) is 0. The summed E-state index contributed by atoms with van der Waals surface area (Å²) in [5, 5.41) is 12.5. The first kappa shape index (κ1) is 21.5. The van der Waals surface area contributed by atoms with E-state index in [0.29, 0.717) is 26.2 Å². The van der Waals surface area contributed by atoms with Gasteiger partial charge in [0.1, 0.15) is 4.83 Å². The quantitative estimate of drug-likeness (QED) is 0.473. The summed E-state index contributed by atoms with van der Waals surface area (Å²) >= 11 is 1.18. The number of aromatic carboxylic acids is 1. The zero-order valence-electron chi connectivity index (χ0n) is 17.8. The fourth-order valence-corrected chi connectivity index (χ4v) is 4.66. The van der Waals surface area contributed by atoms with Gasteiger partial charge in [0.2, 0.25) is 0 Å². The molecular formula is C24H21N3O4S. The van der Waals surface area contributed by atoms with Crippen molar-refractivity contribution in [3.63, 3.8) is 0 Å². The molecule has 32 heavy (non-hydrogen) atoms. The summed E-state index contributed by atoms with van der Waals surface area (Å²) in [6.07, 6.45) is 1.43. The van der Waals surface area contributed by atoms with Crippen molar-refractivity contribution in [3.05, 3.63) is 91.8 Å². The summed E-state index contributed by atoms with van der Waals surface area (Å²) in [5.74, 6) is -1.31. The number of amides is 1. The van der Waals surface area contributed by atoms with Gasteiger partial charge in [0.15, 0.2) is 0 Å². The van der Waals surface area contributed by atoms with E-state index in [0.717, 1.165) is 16.8 Å². The number of carboxylic acid groups (broad SMARTS) is 1. The van der Waals surface area contributed by atoms with Crippen LogP contribution in [0, 0.1) is 20.8 Å². The molecule has 0 atom stereocenters. The molecule has 0 aliphatic rings. The lowest BCUT2D eigenvalue weighted by Gasteiger charge is -2.08. The molecule has 4 rings (SSSR count). The van der Waals surface area contributed by atoms with Gasteiger partial charge in [-0.3, -0.25) is 14.2 Å². The molecule has 162 valence electrons. The van der Waals surface area contributed by atoms with Crippen molar-refractivity contribution >= 4 is 39.1 Å². The highest BCUT2D eigenvalue weighted by Crippen LogP contribution is 2.28. The monoisotopic (exact) mass is 447 g/mol. The van der Waals surface area contributed by atoms with Crippen LogP contribution in [0.25, 0.3) is 10.2 Å². The van der Waals surface area contributed by atoms with Gasteiger partial charge in [-0.15, -0.1) is 11.3 Å². The zero-order chi connectivity index (χ0) is 23.0. The van der Waals surface area contributed by atoms with E-state index in [9.17, 15) is 19.5 Å². The number of hydrogen-bond donors (Lipinski definition) is 2. The number of nitrogens with zero attached hydrogens (tertiary/aromatic N) is 2. The lowest BCUT2D eigenvalue weighted by atomic mass is 10.1. The lowest BCUT2D eigenvalue weighted by molar-refractivity contribution is 0.0696. The molecule has 0 spiro atoms. The van der Waals surface area contributed by atoms with Crippen LogP contribution in [0.5, 0.6) is 0 Å². The SMILES string of the molecule is Cc1ccc(NC(=O)c2sc3ncn(Cc4cccc(C(=O)O)c4)c(=O)c3c2C)c(C)c1. The van der Waals surface area contributed by atoms with Crippen LogP contribution in [0.4, 0.5) is 5.69 Å². The van der Waals surface area contributed by atoms with Gasteiger partial charge in [0.25, 0.3) is 11.5 Å². The van der Waals surface area contributed by atoms with Crippen LogP contribution in [-0.4, -0.2) is 26.5 Å². The smallest absolute Gasteiger partial charge is 0.335 e. The van der Waals surface area contributed by atoms with E-state index in [2.05, 4.69) is 10.3 Å².